The zero-order chi connectivity index (χ0) is 20.4. The first-order valence-corrected chi connectivity index (χ1v) is 9.27. The SMILES string of the molecule is CCCCCC(=O)OC1C(=O)N(OC(C)=O)C(=O)C1OC(=O)CCCCC. The molecule has 1 rings (SSSR count). The molecule has 0 aromatic carbocycles. The Labute approximate surface area is 158 Å². The minimum Gasteiger partial charge on any atom is -0.447 e. The molecule has 0 bridgehead atoms. The topological polar surface area (TPSA) is 116 Å². The molecule has 0 radical (unpaired) electrons. The van der Waals surface area contributed by atoms with E-state index in [1.54, 1.807) is 0 Å². The molecule has 0 spiro atoms. The maximum atomic E-state index is 12.3. The van der Waals surface area contributed by atoms with Gasteiger partial charge in [0.1, 0.15) is 0 Å². The Morgan fingerprint density at radius 3 is 1.56 bits per heavy atom. The summed E-state index contributed by atoms with van der Waals surface area (Å²) in [5, 5.41) is 0.191. The molecule has 0 aromatic heterocycles. The van der Waals surface area contributed by atoms with E-state index >= 15 is 0 Å². The summed E-state index contributed by atoms with van der Waals surface area (Å²) in [6, 6.07) is 0. The Hall–Kier alpha value is -2.45. The number of imide groups is 1. The molecule has 0 saturated carbocycles. The number of esters is 2. The van der Waals surface area contributed by atoms with Crippen molar-refractivity contribution >= 4 is 29.7 Å². The van der Waals surface area contributed by atoms with Crippen molar-refractivity contribution < 1.29 is 38.3 Å². The Morgan fingerprint density at radius 2 is 1.22 bits per heavy atom. The van der Waals surface area contributed by atoms with Crippen molar-refractivity contribution in [2.75, 3.05) is 0 Å². The average Bonchev–Trinajstić information content (AvgIpc) is 2.80. The normalized spacial score (nSPS) is 19.1. The van der Waals surface area contributed by atoms with E-state index in [1.165, 1.54) is 0 Å². The lowest BCUT2D eigenvalue weighted by Gasteiger charge is -2.16. The molecule has 0 N–H and O–H groups in total. The van der Waals surface area contributed by atoms with Crippen molar-refractivity contribution in [3.8, 4) is 0 Å². The summed E-state index contributed by atoms with van der Waals surface area (Å²) < 4.78 is 10.1. The number of hydroxylamine groups is 2. The van der Waals surface area contributed by atoms with Gasteiger partial charge < -0.3 is 14.3 Å². The van der Waals surface area contributed by atoms with Crippen molar-refractivity contribution in [2.24, 2.45) is 0 Å². The molecule has 1 fully saturated rings. The summed E-state index contributed by atoms with van der Waals surface area (Å²) in [4.78, 5) is 64.2. The Bertz CT molecular complexity index is 532. The third-order valence-corrected chi connectivity index (χ3v) is 3.87. The molecule has 1 aliphatic rings. The molecular formula is C18H27NO8. The van der Waals surface area contributed by atoms with Crippen LogP contribution in [0.2, 0.25) is 0 Å². The highest BCUT2D eigenvalue weighted by molar-refractivity contribution is 6.08. The molecule has 1 aliphatic heterocycles. The summed E-state index contributed by atoms with van der Waals surface area (Å²) in [7, 11) is 0. The number of unbranched alkanes of at least 4 members (excludes halogenated alkanes) is 4. The fourth-order valence-electron chi connectivity index (χ4n) is 2.48. The Morgan fingerprint density at radius 1 is 0.815 bits per heavy atom. The van der Waals surface area contributed by atoms with Crippen LogP contribution in [-0.2, 0) is 38.3 Å². The van der Waals surface area contributed by atoms with Crippen molar-refractivity contribution in [2.45, 2.75) is 84.3 Å². The van der Waals surface area contributed by atoms with Gasteiger partial charge in [0.2, 0.25) is 12.2 Å². The van der Waals surface area contributed by atoms with Gasteiger partial charge in [-0.15, -0.1) is 0 Å². The first kappa shape index (κ1) is 22.6. The van der Waals surface area contributed by atoms with Gasteiger partial charge in [0.25, 0.3) is 0 Å². The van der Waals surface area contributed by atoms with Gasteiger partial charge in [-0.3, -0.25) is 19.2 Å². The van der Waals surface area contributed by atoms with E-state index in [1.807, 2.05) is 13.8 Å². The zero-order valence-electron chi connectivity index (χ0n) is 16.0. The summed E-state index contributed by atoms with van der Waals surface area (Å²) in [6.45, 7) is 4.95. The third kappa shape index (κ3) is 6.99. The summed E-state index contributed by atoms with van der Waals surface area (Å²) in [5.74, 6) is -4.38. The summed E-state index contributed by atoms with van der Waals surface area (Å²) in [6.07, 6.45) is 1.37. The highest BCUT2D eigenvalue weighted by atomic mass is 16.7. The number of carbonyl (C=O) groups is 5. The standard InChI is InChI=1S/C18H27NO8/c1-4-6-8-10-13(21)25-15-16(26-14(22)11-9-7-5-2)18(24)19(17(15)23)27-12(3)20/h15-16H,4-11H2,1-3H3. The van der Waals surface area contributed by atoms with Crippen LogP contribution in [0.15, 0.2) is 0 Å². The lowest BCUT2D eigenvalue weighted by Crippen LogP contribution is -2.37. The quantitative estimate of drug-likeness (QED) is 0.300. The summed E-state index contributed by atoms with van der Waals surface area (Å²) in [5.41, 5.74) is 0. The van der Waals surface area contributed by atoms with Gasteiger partial charge in [0.15, 0.2) is 0 Å². The van der Waals surface area contributed by atoms with E-state index in [4.69, 9.17) is 9.47 Å². The van der Waals surface area contributed by atoms with Gasteiger partial charge in [-0.1, -0.05) is 44.6 Å². The predicted octanol–water partition coefficient (Wildman–Crippen LogP) is 1.82. The third-order valence-electron chi connectivity index (χ3n) is 3.87. The number of nitrogens with zero attached hydrogens (tertiary/aromatic N) is 1. The maximum Gasteiger partial charge on any atom is 0.330 e. The number of ether oxygens (including phenoxy) is 2. The van der Waals surface area contributed by atoms with E-state index < -0.39 is 41.9 Å². The average molecular weight is 385 g/mol. The Balaban J connectivity index is 2.83. The second-order valence-electron chi connectivity index (χ2n) is 6.29. The van der Waals surface area contributed by atoms with Crippen molar-refractivity contribution in [1.29, 1.82) is 0 Å². The lowest BCUT2D eigenvalue weighted by atomic mass is 10.2. The first-order chi connectivity index (χ1) is 12.8. The lowest BCUT2D eigenvalue weighted by molar-refractivity contribution is -0.198. The van der Waals surface area contributed by atoms with E-state index in [9.17, 15) is 24.0 Å². The highest BCUT2D eigenvalue weighted by Gasteiger charge is 2.55. The van der Waals surface area contributed by atoms with Gasteiger partial charge in [-0.25, -0.2) is 4.79 Å². The molecule has 2 atom stereocenters. The number of hydrogen-bond donors (Lipinski definition) is 0. The van der Waals surface area contributed by atoms with Crippen LogP contribution in [0.1, 0.15) is 72.1 Å². The molecule has 152 valence electrons. The molecule has 2 unspecified atom stereocenters. The monoisotopic (exact) mass is 385 g/mol. The molecule has 0 aromatic rings. The fourth-order valence-corrected chi connectivity index (χ4v) is 2.48. The van der Waals surface area contributed by atoms with Crippen LogP contribution >= 0.6 is 0 Å². The first-order valence-electron chi connectivity index (χ1n) is 9.27. The summed E-state index contributed by atoms with van der Waals surface area (Å²) >= 11 is 0. The number of carbonyl (C=O) groups excluding carboxylic acids is 5. The van der Waals surface area contributed by atoms with Gasteiger partial charge >= 0.3 is 29.7 Å². The number of amides is 2. The molecule has 0 aliphatic carbocycles. The second kappa shape index (κ2) is 11.3. The van der Waals surface area contributed by atoms with E-state index in [2.05, 4.69) is 4.84 Å². The van der Waals surface area contributed by atoms with Crippen LogP contribution in [0.5, 0.6) is 0 Å². The van der Waals surface area contributed by atoms with Gasteiger partial charge in [-0.05, 0) is 12.8 Å². The Kier molecular flexibility index (Phi) is 9.46. The van der Waals surface area contributed by atoms with Gasteiger partial charge in [0, 0.05) is 19.8 Å². The van der Waals surface area contributed by atoms with Crippen molar-refractivity contribution in [3.63, 3.8) is 0 Å². The van der Waals surface area contributed by atoms with Crippen LogP contribution in [0.3, 0.4) is 0 Å². The highest BCUT2D eigenvalue weighted by Crippen LogP contribution is 2.22. The van der Waals surface area contributed by atoms with Crippen LogP contribution in [0.4, 0.5) is 0 Å². The smallest absolute Gasteiger partial charge is 0.330 e. The number of rotatable bonds is 11. The predicted molar refractivity (Wildman–Crippen MR) is 91.7 cm³/mol. The van der Waals surface area contributed by atoms with Gasteiger partial charge in [-0.2, -0.15) is 0 Å². The van der Waals surface area contributed by atoms with Crippen molar-refractivity contribution in [3.05, 3.63) is 0 Å². The van der Waals surface area contributed by atoms with Crippen LogP contribution < -0.4 is 0 Å². The molecular weight excluding hydrogens is 358 g/mol. The molecule has 9 nitrogen and oxygen atoms in total. The number of hydrogen-bond acceptors (Lipinski definition) is 8. The van der Waals surface area contributed by atoms with E-state index in [-0.39, 0.29) is 17.9 Å². The second-order valence-corrected chi connectivity index (χ2v) is 6.29. The fraction of sp³-hybridized carbons (Fsp3) is 0.722. The van der Waals surface area contributed by atoms with Crippen molar-refractivity contribution in [1.82, 2.24) is 5.06 Å². The molecule has 1 saturated heterocycles. The molecule has 1 heterocycles. The maximum absolute atomic E-state index is 12.3. The zero-order valence-corrected chi connectivity index (χ0v) is 16.0. The van der Waals surface area contributed by atoms with Crippen LogP contribution in [-0.4, -0.2) is 47.0 Å². The largest absolute Gasteiger partial charge is 0.447 e. The van der Waals surface area contributed by atoms with Crippen LogP contribution in [0.25, 0.3) is 0 Å². The van der Waals surface area contributed by atoms with Crippen LogP contribution in [0, 0.1) is 0 Å². The van der Waals surface area contributed by atoms with E-state index in [0.29, 0.717) is 12.8 Å². The minimum atomic E-state index is -1.65. The minimum absolute atomic E-state index is 0.0660. The molecule has 27 heavy (non-hydrogen) atoms. The molecule has 9 heteroatoms. The molecule has 2 amide bonds. The van der Waals surface area contributed by atoms with Gasteiger partial charge in [0.05, 0.1) is 0 Å². The van der Waals surface area contributed by atoms with E-state index in [0.717, 1.165) is 32.6 Å².